The number of sulfone groups is 1. The van der Waals surface area contributed by atoms with Crippen LogP contribution in [-0.2, 0) is 9.84 Å². The Kier molecular flexibility index (Phi) is 5.82. The molecule has 126 valence electrons. The summed E-state index contributed by atoms with van der Waals surface area (Å²) in [6, 6.07) is 5.99. The molecular formula is C17H24N2O3S. The van der Waals surface area contributed by atoms with Gasteiger partial charge in [0.15, 0.2) is 9.84 Å². The second-order valence-electron chi connectivity index (χ2n) is 6.08. The standard InChI is InChI=1S/C17H24N2O3S/c1-13-8-10-16(11-9-13)23(21,22)12-14(2)18-17(20)19-15-6-4-3-5-7-15/h4,6,8-11,14-15H,3,5,7,12H2,1-2H3,(H2,18,19,20)/t14-,15-/m0/s1. The third-order valence-corrected chi connectivity index (χ3v) is 5.73. The quantitative estimate of drug-likeness (QED) is 0.812. The normalized spacial score (nSPS) is 19.1. The number of rotatable bonds is 5. The van der Waals surface area contributed by atoms with E-state index in [-0.39, 0.29) is 22.7 Å². The van der Waals surface area contributed by atoms with Gasteiger partial charge in [-0.2, -0.15) is 0 Å². The molecule has 23 heavy (non-hydrogen) atoms. The summed E-state index contributed by atoms with van der Waals surface area (Å²) in [5.41, 5.74) is 1.01. The third-order valence-electron chi connectivity index (χ3n) is 3.80. The monoisotopic (exact) mass is 336 g/mol. The van der Waals surface area contributed by atoms with E-state index in [1.807, 2.05) is 13.0 Å². The van der Waals surface area contributed by atoms with E-state index in [1.54, 1.807) is 31.2 Å². The number of nitrogens with one attached hydrogen (secondary N) is 2. The van der Waals surface area contributed by atoms with Crippen LogP contribution in [0, 0.1) is 6.92 Å². The molecule has 0 aromatic heterocycles. The molecular weight excluding hydrogens is 312 g/mol. The molecule has 0 aliphatic heterocycles. The lowest BCUT2D eigenvalue weighted by atomic mass is 10.0. The lowest BCUT2D eigenvalue weighted by molar-refractivity contribution is 0.236. The Morgan fingerprint density at radius 2 is 2.00 bits per heavy atom. The molecule has 0 spiro atoms. The Morgan fingerprint density at radius 3 is 2.61 bits per heavy atom. The molecule has 0 saturated carbocycles. The number of urea groups is 1. The zero-order valence-corrected chi connectivity index (χ0v) is 14.4. The van der Waals surface area contributed by atoms with Crippen molar-refractivity contribution in [1.82, 2.24) is 10.6 Å². The smallest absolute Gasteiger partial charge is 0.315 e. The molecule has 1 aliphatic carbocycles. The molecule has 0 heterocycles. The molecule has 0 fully saturated rings. The summed E-state index contributed by atoms with van der Waals surface area (Å²) in [5, 5.41) is 5.55. The largest absolute Gasteiger partial charge is 0.335 e. The number of hydrogen-bond donors (Lipinski definition) is 2. The molecule has 6 heteroatoms. The topological polar surface area (TPSA) is 75.3 Å². The first kappa shape index (κ1) is 17.5. The maximum atomic E-state index is 12.3. The highest BCUT2D eigenvalue weighted by Crippen LogP contribution is 2.13. The first-order valence-corrected chi connectivity index (χ1v) is 9.55. The van der Waals surface area contributed by atoms with Crippen LogP contribution in [0.25, 0.3) is 0 Å². The van der Waals surface area contributed by atoms with Crippen molar-refractivity contribution in [3.8, 4) is 0 Å². The number of amides is 2. The summed E-state index contributed by atoms with van der Waals surface area (Å²) in [6.45, 7) is 3.60. The van der Waals surface area contributed by atoms with Crippen LogP contribution in [0.15, 0.2) is 41.3 Å². The van der Waals surface area contributed by atoms with E-state index in [2.05, 4.69) is 16.7 Å². The first-order chi connectivity index (χ1) is 10.9. The van der Waals surface area contributed by atoms with E-state index in [1.165, 1.54) is 0 Å². The zero-order valence-electron chi connectivity index (χ0n) is 13.6. The number of aryl methyl sites for hydroxylation is 1. The van der Waals surface area contributed by atoms with E-state index in [0.29, 0.717) is 0 Å². The Morgan fingerprint density at radius 1 is 1.30 bits per heavy atom. The molecule has 0 saturated heterocycles. The lowest BCUT2D eigenvalue weighted by Gasteiger charge is -2.20. The van der Waals surface area contributed by atoms with Gasteiger partial charge in [0.2, 0.25) is 0 Å². The summed E-state index contributed by atoms with van der Waals surface area (Å²) < 4.78 is 24.7. The van der Waals surface area contributed by atoms with Gasteiger partial charge in [-0.1, -0.05) is 29.8 Å². The van der Waals surface area contributed by atoms with Crippen LogP contribution in [0.5, 0.6) is 0 Å². The molecule has 2 N–H and O–H groups in total. The minimum Gasteiger partial charge on any atom is -0.335 e. The number of allylic oxidation sites excluding steroid dienone is 1. The molecule has 5 nitrogen and oxygen atoms in total. The number of hydrogen-bond acceptors (Lipinski definition) is 3. The molecule has 2 atom stereocenters. The summed E-state index contributed by atoms with van der Waals surface area (Å²) in [7, 11) is -3.41. The van der Waals surface area contributed by atoms with Gasteiger partial charge in [-0.15, -0.1) is 0 Å². The van der Waals surface area contributed by atoms with Crippen LogP contribution in [0.3, 0.4) is 0 Å². The average molecular weight is 336 g/mol. The average Bonchev–Trinajstić information content (AvgIpc) is 2.47. The van der Waals surface area contributed by atoms with Crippen molar-refractivity contribution in [3.05, 3.63) is 42.0 Å². The Labute approximate surface area is 138 Å². The van der Waals surface area contributed by atoms with Gasteiger partial charge in [0.25, 0.3) is 0 Å². The minimum absolute atomic E-state index is 0.0321. The Bertz CT molecular complexity index is 666. The summed E-state index contributed by atoms with van der Waals surface area (Å²) in [4.78, 5) is 12.2. The van der Waals surface area contributed by atoms with Crippen LogP contribution in [0.2, 0.25) is 0 Å². The van der Waals surface area contributed by atoms with E-state index < -0.39 is 15.9 Å². The maximum Gasteiger partial charge on any atom is 0.315 e. The van der Waals surface area contributed by atoms with Crippen molar-refractivity contribution in [2.45, 2.75) is 50.1 Å². The highest BCUT2D eigenvalue weighted by Gasteiger charge is 2.20. The van der Waals surface area contributed by atoms with Crippen molar-refractivity contribution in [1.29, 1.82) is 0 Å². The summed E-state index contributed by atoms with van der Waals surface area (Å²) in [5.74, 6) is -0.121. The SMILES string of the molecule is Cc1ccc(S(=O)(=O)C[C@H](C)NC(=O)N[C@H]2C=CCCC2)cc1. The third kappa shape index (κ3) is 5.39. The van der Waals surface area contributed by atoms with Gasteiger partial charge in [0.05, 0.1) is 10.6 Å². The van der Waals surface area contributed by atoms with Crippen LogP contribution in [0.1, 0.15) is 31.7 Å². The van der Waals surface area contributed by atoms with Crippen LogP contribution < -0.4 is 10.6 Å². The van der Waals surface area contributed by atoms with Gasteiger partial charge in [-0.3, -0.25) is 0 Å². The molecule has 0 radical (unpaired) electrons. The number of carbonyl (C=O) groups is 1. The second-order valence-corrected chi connectivity index (χ2v) is 8.11. The van der Waals surface area contributed by atoms with Crippen LogP contribution >= 0.6 is 0 Å². The van der Waals surface area contributed by atoms with Crippen LogP contribution in [-0.4, -0.2) is 32.3 Å². The summed E-state index contributed by atoms with van der Waals surface area (Å²) in [6.07, 6.45) is 7.06. The minimum atomic E-state index is -3.41. The van der Waals surface area contributed by atoms with Gasteiger partial charge in [-0.05, 0) is 45.2 Å². The highest BCUT2D eigenvalue weighted by atomic mass is 32.2. The predicted octanol–water partition coefficient (Wildman–Crippen LogP) is 2.57. The molecule has 0 unspecified atom stereocenters. The molecule has 2 rings (SSSR count). The molecule has 0 bridgehead atoms. The molecule has 1 aromatic carbocycles. The Balaban J connectivity index is 1.89. The fraction of sp³-hybridized carbons (Fsp3) is 0.471. The van der Waals surface area contributed by atoms with Crippen molar-refractivity contribution >= 4 is 15.9 Å². The van der Waals surface area contributed by atoms with Gasteiger partial charge >= 0.3 is 6.03 Å². The highest BCUT2D eigenvalue weighted by molar-refractivity contribution is 7.91. The van der Waals surface area contributed by atoms with Crippen LogP contribution in [0.4, 0.5) is 4.79 Å². The number of carbonyl (C=O) groups excluding carboxylic acids is 1. The first-order valence-electron chi connectivity index (χ1n) is 7.90. The second kappa shape index (κ2) is 7.64. The fourth-order valence-electron chi connectivity index (χ4n) is 2.58. The van der Waals surface area contributed by atoms with Gasteiger partial charge in [-0.25, -0.2) is 13.2 Å². The van der Waals surface area contributed by atoms with E-state index in [4.69, 9.17) is 0 Å². The predicted molar refractivity (Wildman–Crippen MR) is 91.1 cm³/mol. The van der Waals surface area contributed by atoms with Gasteiger partial charge in [0.1, 0.15) is 0 Å². The Hall–Kier alpha value is -1.82. The summed E-state index contributed by atoms with van der Waals surface area (Å²) >= 11 is 0. The van der Waals surface area contributed by atoms with Gasteiger partial charge < -0.3 is 10.6 Å². The lowest BCUT2D eigenvalue weighted by Crippen LogP contribution is -2.47. The van der Waals surface area contributed by atoms with E-state index >= 15 is 0 Å². The van der Waals surface area contributed by atoms with E-state index in [9.17, 15) is 13.2 Å². The van der Waals surface area contributed by atoms with E-state index in [0.717, 1.165) is 24.8 Å². The molecule has 1 aliphatic rings. The fourth-order valence-corrected chi connectivity index (χ4v) is 4.06. The van der Waals surface area contributed by atoms with Crippen molar-refractivity contribution in [2.24, 2.45) is 0 Å². The molecule has 2 amide bonds. The van der Waals surface area contributed by atoms with Crippen molar-refractivity contribution < 1.29 is 13.2 Å². The van der Waals surface area contributed by atoms with Crippen molar-refractivity contribution in [3.63, 3.8) is 0 Å². The zero-order chi connectivity index (χ0) is 16.9. The van der Waals surface area contributed by atoms with Gasteiger partial charge in [0, 0.05) is 12.1 Å². The maximum absolute atomic E-state index is 12.3. The number of benzene rings is 1. The van der Waals surface area contributed by atoms with Crippen molar-refractivity contribution in [2.75, 3.05) is 5.75 Å². The molecule has 1 aromatic rings.